The van der Waals surface area contributed by atoms with Gasteiger partial charge in [-0.25, -0.2) is 36.8 Å². The molecule has 15 heteroatoms. The van der Waals surface area contributed by atoms with E-state index >= 15 is 4.39 Å². The molecule has 0 unspecified atom stereocenters. The van der Waals surface area contributed by atoms with Crippen molar-refractivity contribution in [2.24, 2.45) is 5.73 Å². The minimum absolute atomic E-state index is 0.0263. The van der Waals surface area contributed by atoms with Gasteiger partial charge in [-0.05, 0) is 61.9 Å². The fourth-order valence-corrected chi connectivity index (χ4v) is 5.47. The molecule has 40 heavy (non-hydrogen) atoms. The lowest BCUT2D eigenvalue weighted by Crippen LogP contribution is -2.16. The van der Waals surface area contributed by atoms with E-state index in [4.69, 9.17) is 17.3 Å². The topological polar surface area (TPSA) is 158 Å². The van der Waals surface area contributed by atoms with Crippen LogP contribution in [0.1, 0.15) is 21.7 Å². The minimum atomic E-state index is -4.28. The van der Waals surface area contributed by atoms with Gasteiger partial charge in [0.15, 0.2) is 23.1 Å². The zero-order valence-electron chi connectivity index (χ0n) is 20.8. The van der Waals surface area contributed by atoms with Gasteiger partial charge in [0.1, 0.15) is 23.3 Å². The molecule has 11 nitrogen and oxygen atoms in total. The Morgan fingerprint density at radius 1 is 1.07 bits per heavy atom. The number of aryl methyl sites for hydroxylation is 1. The molecule has 2 aromatic carbocycles. The highest BCUT2D eigenvalue weighted by atomic mass is 35.5. The van der Waals surface area contributed by atoms with E-state index in [1.54, 1.807) is 19.1 Å². The van der Waals surface area contributed by atoms with E-state index in [0.717, 1.165) is 12.1 Å². The second-order valence-electron chi connectivity index (χ2n) is 8.58. The predicted octanol–water partition coefficient (Wildman–Crippen LogP) is 4.40. The van der Waals surface area contributed by atoms with Crippen LogP contribution in [0.25, 0.3) is 16.9 Å². The number of aromatic nitrogens is 5. The SMILES string of the molecule is Cc1c(Cl)cccc1S(=O)(=O)Nc1ccc(F)c(Nc2ncnc3ccc(-n4nc(C(N)=O)cc4C)nc23)c1F. The van der Waals surface area contributed by atoms with Crippen molar-refractivity contribution in [2.75, 3.05) is 10.0 Å². The monoisotopic (exact) mass is 584 g/mol. The van der Waals surface area contributed by atoms with E-state index < -0.39 is 38.9 Å². The van der Waals surface area contributed by atoms with Crippen LogP contribution in [0.15, 0.2) is 59.8 Å². The van der Waals surface area contributed by atoms with Crippen molar-refractivity contribution in [2.45, 2.75) is 18.7 Å². The van der Waals surface area contributed by atoms with E-state index in [1.165, 1.54) is 42.2 Å². The molecule has 0 saturated heterocycles. The van der Waals surface area contributed by atoms with Crippen molar-refractivity contribution < 1.29 is 22.0 Å². The number of hydrogen-bond acceptors (Lipinski definition) is 8. The van der Waals surface area contributed by atoms with Gasteiger partial charge in [-0.2, -0.15) is 5.10 Å². The molecule has 0 aliphatic heterocycles. The number of pyridine rings is 1. The maximum absolute atomic E-state index is 15.5. The molecule has 0 aliphatic rings. The highest BCUT2D eigenvalue weighted by Gasteiger charge is 2.23. The number of rotatable bonds is 7. The van der Waals surface area contributed by atoms with Crippen molar-refractivity contribution in [1.82, 2.24) is 24.7 Å². The number of halogens is 3. The molecule has 0 atom stereocenters. The van der Waals surface area contributed by atoms with Crippen molar-refractivity contribution in [1.29, 1.82) is 0 Å². The van der Waals surface area contributed by atoms with Crippen LogP contribution in [0.4, 0.5) is 26.0 Å². The first-order valence-corrected chi connectivity index (χ1v) is 13.3. The van der Waals surface area contributed by atoms with Crippen LogP contribution in [0, 0.1) is 25.5 Å². The number of carbonyl (C=O) groups excluding carboxylic acids is 1. The van der Waals surface area contributed by atoms with Crippen molar-refractivity contribution >= 4 is 55.8 Å². The molecule has 5 aromatic rings. The van der Waals surface area contributed by atoms with Crippen LogP contribution in [0.2, 0.25) is 5.02 Å². The first-order valence-electron chi connectivity index (χ1n) is 11.5. The molecule has 1 amide bonds. The average molecular weight is 585 g/mol. The van der Waals surface area contributed by atoms with Crippen LogP contribution in [-0.2, 0) is 10.0 Å². The summed E-state index contributed by atoms with van der Waals surface area (Å²) in [6.45, 7) is 3.19. The van der Waals surface area contributed by atoms with Gasteiger partial charge in [0.2, 0.25) is 0 Å². The lowest BCUT2D eigenvalue weighted by atomic mass is 10.2. The molecule has 5 rings (SSSR count). The van der Waals surface area contributed by atoms with Gasteiger partial charge >= 0.3 is 0 Å². The summed E-state index contributed by atoms with van der Waals surface area (Å²) >= 11 is 6.04. The first kappa shape index (κ1) is 26.9. The summed E-state index contributed by atoms with van der Waals surface area (Å²) in [7, 11) is -4.28. The Morgan fingerprint density at radius 2 is 1.85 bits per heavy atom. The van der Waals surface area contributed by atoms with Crippen molar-refractivity contribution in [3.8, 4) is 5.82 Å². The van der Waals surface area contributed by atoms with E-state index in [0.29, 0.717) is 11.2 Å². The van der Waals surface area contributed by atoms with E-state index in [-0.39, 0.29) is 38.3 Å². The third-order valence-corrected chi connectivity index (χ3v) is 7.83. The van der Waals surface area contributed by atoms with E-state index in [2.05, 4.69) is 30.1 Å². The highest BCUT2D eigenvalue weighted by molar-refractivity contribution is 7.92. The Hall–Kier alpha value is -4.69. The second kappa shape index (κ2) is 10.1. The summed E-state index contributed by atoms with van der Waals surface area (Å²) in [6.07, 6.45) is 1.17. The summed E-state index contributed by atoms with van der Waals surface area (Å²) in [4.78, 5) is 24.0. The molecule has 204 valence electrons. The second-order valence-corrected chi connectivity index (χ2v) is 10.6. The number of sulfonamides is 1. The summed E-state index contributed by atoms with van der Waals surface area (Å²) in [5, 5.41) is 6.91. The number of benzene rings is 2. The zero-order chi connectivity index (χ0) is 28.8. The molecule has 3 aromatic heterocycles. The first-order chi connectivity index (χ1) is 19.0. The molecular weight excluding hydrogens is 566 g/mol. The molecule has 0 spiro atoms. The molecule has 3 heterocycles. The standard InChI is InChI=1S/C25H19ClF2N8O3S/c1-12-10-18(24(29)37)34-36(12)20-9-8-17-23(32-20)25(31-11-30-17)33-22-15(27)6-7-16(21(22)28)35-40(38,39)19-5-3-4-14(26)13(19)2/h3-11,35H,1-2H3,(H2,29,37)(H,30,31,33). The third kappa shape index (κ3) is 4.89. The number of amides is 1. The summed E-state index contributed by atoms with van der Waals surface area (Å²) in [5.74, 6) is -2.78. The molecule has 0 saturated carbocycles. The Labute approximate surface area is 231 Å². The maximum Gasteiger partial charge on any atom is 0.269 e. The van der Waals surface area contributed by atoms with Gasteiger partial charge in [-0.1, -0.05) is 17.7 Å². The Morgan fingerprint density at radius 3 is 2.58 bits per heavy atom. The number of anilines is 3. The molecule has 0 radical (unpaired) electrons. The van der Waals surface area contributed by atoms with Gasteiger partial charge in [-0.3, -0.25) is 9.52 Å². The van der Waals surface area contributed by atoms with Gasteiger partial charge in [0.05, 0.1) is 16.1 Å². The van der Waals surface area contributed by atoms with Crippen molar-refractivity contribution in [3.05, 3.63) is 88.5 Å². The largest absolute Gasteiger partial charge is 0.364 e. The zero-order valence-corrected chi connectivity index (χ0v) is 22.3. The number of fused-ring (bicyclic) bond motifs is 1. The Balaban J connectivity index is 1.54. The number of nitrogens with two attached hydrogens (primary N) is 1. The molecule has 0 aliphatic carbocycles. The maximum atomic E-state index is 15.5. The predicted molar refractivity (Wildman–Crippen MR) is 144 cm³/mol. The summed E-state index contributed by atoms with van der Waals surface area (Å²) in [5.41, 5.74) is 5.42. The average Bonchev–Trinajstić information content (AvgIpc) is 3.31. The normalized spacial score (nSPS) is 11.5. The van der Waals surface area contributed by atoms with Gasteiger partial charge in [-0.15, -0.1) is 0 Å². The summed E-state index contributed by atoms with van der Waals surface area (Å²) < 4.78 is 59.9. The number of carbonyl (C=O) groups is 1. The van der Waals surface area contributed by atoms with Crippen LogP contribution >= 0.6 is 11.6 Å². The van der Waals surface area contributed by atoms with Crippen LogP contribution < -0.4 is 15.8 Å². The smallest absolute Gasteiger partial charge is 0.269 e. The van der Waals surface area contributed by atoms with Crippen molar-refractivity contribution in [3.63, 3.8) is 0 Å². The molecular formula is C25H19ClF2N8O3S. The molecule has 0 bridgehead atoms. The number of primary amides is 1. The van der Waals surface area contributed by atoms with Gasteiger partial charge in [0.25, 0.3) is 15.9 Å². The van der Waals surface area contributed by atoms with E-state index in [9.17, 15) is 17.6 Å². The molecule has 4 N–H and O–H groups in total. The van der Waals surface area contributed by atoms with Gasteiger partial charge in [0, 0.05) is 10.7 Å². The van der Waals surface area contributed by atoms with Crippen LogP contribution in [-0.4, -0.2) is 39.1 Å². The van der Waals surface area contributed by atoms with E-state index in [1.807, 2.05) is 0 Å². The number of nitrogens with zero attached hydrogens (tertiary/aromatic N) is 5. The molecule has 0 fully saturated rings. The highest BCUT2D eigenvalue weighted by Crippen LogP contribution is 2.32. The summed E-state index contributed by atoms with van der Waals surface area (Å²) in [6, 6.07) is 10.8. The fourth-order valence-electron chi connectivity index (χ4n) is 3.91. The van der Waals surface area contributed by atoms with Crippen LogP contribution in [0.5, 0.6) is 0 Å². The third-order valence-electron chi connectivity index (χ3n) is 5.91. The fraction of sp³-hybridized carbons (Fsp3) is 0.0800. The Kier molecular flexibility index (Phi) is 6.81. The van der Waals surface area contributed by atoms with Crippen LogP contribution in [0.3, 0.4) is 0 Å². The lowest BCUT2D eigenvalue weighted by Gasteiger charge is -2.15. The minimum Gasteiger partial charge on any atom is -0.364 e. The number of hydrogen-bond donors (Lipinski definition) is 3. The quantitative estimate of drug-likeness (QED) is 0.254. The van der Waals surface area contributed by atoms with Gasteiger partial charge < -0.3 is 11.1 Å². The lowest BCUT2D eigenvalue weighted by molar-refractivity contribution is 0.0995. The number of nitrogens with one attached hydrogen (secondary N) is 2. The Bertz CT molecular complexity index is 1930.